The van der Waals surface area contributed by atoms with Gasteiger partial charge in [-0.2, -0.15) is 4.52 Å². The first-order valence-corrected chi connectivity index (χ1v) is 8.24. The summed E-state index contributed by atoms with van der Waals surface area (Å²) >= 11 is 0. The summed E-state index contributed by atoms with van der Waals surface area (Å²) < 4.78 is 1.41. The quantitative estimate of drug-likeness (QED) is 0.459. The lowest BCUT2D eigenvalue weighted by atomic mass is 10.1. The predicted molar refractivity (Wildman–Crippen MR) is 101 cm³/mol. The van der Waals surface area contributed by atoms with Crippen molar-refractivity contribution in [1.29, 1.82) is 0 Å². The second kappa shape index (κ2) is 6.14. The highest BCUT2D eigenvalue weighted by atomic mass is 16.1. The van der Waals surface area contributed by atoms with Crippen molar-refractivity contribution in [2.75, 3.05) is 32.5 Å². The van der Waals surface area contributed by atoms with Crippen molar-refractivity contribution in [1.82, 2.24) is 19.5 Å². The first kappa shape index (κ1) is 15.5. The van der Waals surface area contributed by atoms with Gasteiger partial charge in [0.1, 0.15) is 0 Å². The summed E-state index contributed by atoms with van der Waals surface area (Å²) in [7, 11) is 4.04. The minimum absolute atomic E-state index is 0.151. The van der Waals surface area contributed by atoms with Crippen LogP contribution in [0.5, 0.6) is 0 Å². The van der Waals surface area contributed by atoms with Crippen LogP contribution in [0.1, 0.15) is 0 Å². The maximum Gasteiger partial charge on any atom is 0.282 e. The molecule has 126 valence electrons. The maximum atomic E-state index is 12.9. The third-order valence-electron chi connectivity index (χ3n) is 4.23. The Labute approximate surface area is 144 Å². The van der Waals surface area contributed by atoms with Crippen molar-refractivity contribution < 1.29 is 0 Å². The van der Waals surface area contributed by atoms with Gasteiger partial charge in [0.05, 0.1) is 10.9 Å². The SMILES string of the molecule is CN(C)CCNc1nn2c(=O)c3ccccc3nc2c2ccccc12. The number of benzene rings is 2. The zero-order valence-corrected chi connectivity index (χ0v) is 14.2. The molecule has 0 bridgehead atoms. The lowest BCUT2D eigenvalue weighted by molar-refractivity contribution is 0.425. The molecule has 4 rings (SSSR count). The number of likely N-dealkylation sites (N-methyl/N-ethyl adjacent to an activating group) is 1. The van der Waals surface area contributed by atoms with Crippen LogP contribution in [0.4, 0.5) is 5.82 Å². The van der Waals surface area contributed by atoms with Crippen LogP contribution >= 0.6 is 0 Å². The van der Waals surface area contributed by atoms with Gasteiger partial charge in [0.2, 0.25) is 0 Å². The molecule has 0 aliphatic rings. The van der Waals surface area contributed by atoms with Crippen LogP contribution in [0, 0.1) is 0 Å². The molecule has 6 heteroatoms. The maximum absolute atomic E-state index is 12.9. The van der Waals surface area contributed by atoms with E-state index in [2.05, 4.69) is 20.3 Å². The molecule has 0 amide bonds. The number of hydrogen-bond acceptors (Lipinski definition) is 5. The van der Waals surface area contributed by atoms with Crippen LogP contribution < -0.4 is 10.9 Å². The number of aromatic nitrogens is 3. The fraction of sp³-hybridized carbons (Fsp3) is 0.211. The molecule has 25 heavy (non-hydrogen) atoms. The summed E-state index contributed by atoms with van der Waals surface area (Å²) in [4.78, 5) is 19.7. The molecule has 0 radical (unpaired) electrons. The number of nitrogens with one attached hydrogen (secondary N) is 1. The Morgan fingerprint density at radius 3 is 2.44 bits per heavy atom. The van der Waals surface area contributed by atoms with E-state index < -0.39 is 0 Å². The summed E-state index contributed by atoms with van der Waals surface area (Å²) in [5.41, 5.74) is 1.12. The number of fused-ring (bicyclic) bond motifs is 4. The van der Waals surface area contributed by atoms with Crippen molar-refractivity contribution in [2.45, 2.75) is 0 Å². The summed E-state index contributed by atoms with van der Waals surface area (Å²) in [6.45, 7) is 1.62. The first-order valence-electron chi connectivity index (χ1n) is 8.24. The lowest BCUT2D eigenvalue weighted by Gasteiger charge is -2.14. The highest BCUT2D eigenvalue weighted by molar-refractivity contribution is 6.01. The van der Waals surface area contributed by atoms with E-state index in [1.54, 1.807) is 6.07 Å². The first-order chi connectivity index (χ1) is 12.1. The van der Waals surface area contributed by atoms with E-state index in [1.165, 1.54) is 4.52 Å². The molecule has 4 aromatic rings. The van der Waals surface area contributed by atoms with E-state index in [9.17, 15) is 4.79 Å². The molecule has 2 aromatic heterocycles. The van der Waals surface area contributed by atoms with Crippen LogP contribution in [0.3, 0.4) is 0 Å². The zero-order valence-electron chi connectivity index (χ0n) is 14.2. The monoisotopic (exact) mass is 333 g/mol. The highest BCUT2D eigenvalue weighted by Gasteiger charge is 2.12. The van der Waals surface area contributed by atoms with Gasteiger partial charge in [-0.15, -0.1) is 5.10 Å². The number of nitrogens with zero attached hydrogens (tertiary/aromatic N) is 4. The van der Waals surface area contributed by atoms with E-state index in [1.807, 2.05) is 56.6 Å². The Bertz CT molecular complexity index is 1130. The lowest BCUT2D eigenvalue weighted by Crippen LogP contribution is -2.23. The van der Waals surface area contributed by atoms with E-state index in [0.29, 0.717) is 22.4 Å². The molecule has 0 atom stereocenters. The summed E-state index contributed by atoms with van der Waals surface area (Å²) in [6, 6.07) is 15.3. The number of anilines is 1. The molecule has 1 N–H and O–H groups in total. The van der Waals surface area contributed by atoms with Gasteiger partial charge in [0.15, 0.2) is 11.5 Å². The van der Waals surface area contributed by atoms with Crippen LogP contribution in [0.2, 0.25) is 0 Å². The van der Waals surface area contributed by atoms with Gasteiger partial charge in [-0.1, -0.05) is 36.4 Å². The Hall–Kier alpha value is -2.99. The molecule has 0 spiro atoms. The highest BCUT2D eigenvalue weighted by Crippen LogP contribution is 2.24. The molecule has 0 fully saturated rings. The summed E-state index contributed by atoms with van der Waals surface area (Å²) in [5, 5.41) is 10.4. The van der Waals surface area contributed by atoms with Gasteiger partial charge in [0.25, 0.3) is 5.56 Å². The summed E-state index contributed by atoms with van der Waals surface area (Å²) in [5.74, 6) is 0.698. The normalized spacial score (nSPS) is 11.6. The minimum Gasteiger partial charge on any atom is -0.367 e. The van der Waals surface area contributed by atoms with Gasteiger partial charge in [-0.05, 0) is 26.2 Å². The third kappa shape index (κ3) is 2.70. The van der Waals surface area contributed by atoms with Crippen molar-refractivity contribution in [3.63, 3.8) is 0 Å². The van der Waals surface area contributed by atoms with Crippen molar-refractivity contribution in [2.24, 2.45) is 0 Å². The van der Waals surface area contributed by atoms with Crippen LogP contribution in [-0.2, 0) is 0 Å². The van der Waals surface area contributed by atoms with E-state index in [4.69, 9.17) is 0 Å². The van der Waals surface area contributed by atoms with Crippen LogP contribution in [-0.4, -0.2) is 46.7 Å². The number of hydrogen-bond donors (Lipinski definition) is 1. The van der Waals surface area contributed by atoms with Gasteiger partial charge >= 0.3 is 0 Å². The summed E-state index contributed by atoms with van der Waals surface area (Å²) in [6.07, 6.45) is 0. The Balaban J connectivity index is 2.00. The second-order valence-electron chi connectivity index (χ2n) is 6.29. The average Bonchev–Trinajstić information content (AvgIpc) is 2.62. The average molecular weight is 333 g/mol. The molecule has 0 saturated carbocycles. The number of rotatable bonds is 4. The molecular weight excluding hydrogens is 314 g/mol. The molecular formula is C19H19N5O. The predicted octanol–water partition coefficient (Wildman–Crippen LogP) is 2.37. The molecule has 6 nitrogen and oxygen atoms in total. The number of para-hydroxylation sites is 1. The van der Waals surface area contributed by atoms with Crippen LogP contribution in [0.15, 0.2) is 53.3 Å². The topological polar surface area (TPSA) is 62.5 Å². The Morgan fingerprint density at radius 1 is 1.00 bits per heavy atom. The van der Waals surface area contributed by atoms with Crippen molar-refractivity contribution >= 4 is 33.1 Å². The van der Waals surface area contributed by atoms with Crippen molar-refractivity contribution in [3.8, 4) is 0 Å². The zero-order chi connectivity index (χ0) is 17.4. The second-order valence-corrected chi connectivity index (χ2v) is 6.29. The van der Waals surface area contributed by atoms with Crippen LogP contribution in [0.25, 0.3) is 27.3 Å². The molecule has 0 aliphatic heterocycles. The minimum atomic E-state index is -0.151. The Morgan fingerprint density at radius 2 is 1.68 bits per heavy atom. The van der Waals surface area contributed by atoms with Gasteiger partial charge in [0, 0.05) is 23.9 Å². The van der Waals surface area contributed by atoms with E-state index in [-0.39, 0.29) is 5.56 Å². The van der Waals surface area contributed by atoms with E-state index >= 15 is 0 Å². The van der Waals surface area contributed by atoms with Gasteiger partial charge in [-0.25, -0.2) is 4.98 Å². The fourth-order valence-corrected chi connectivity index (χ4v) is 2.96. The fourth-order valence-electron chi connectivity index (χ4n) is 2.96. The van der Waals surface area contributed by atoms with Crippen molar-refractivity contribution in [3.05, 3.63) is 58.9 Å². The van der Waals surface area contributed by atoms with Gasteiger partial charge < -0.3 is 10.2 Å². The molecule has 0 unspecified atom stereocenters. The molecule has 2 heterocycles. The van der Waals surface area contributed by atoms with Gasteiger partial charge in [-0.3, -0.25) is 4.79 Å². The van der Waals surface area contributed by atoms with E-state index in [0.717, 1.165) is 23.9 Å². The molecule has 0 saturated heterocycles. The largest absolute Gasteiger partial charge is 0.367 e. The standard InChI is InChI=1S/C19H19N5O/c1-23(2)12-11-20-17-13-7-3-4-8-14(13)18-21-16-10-6-5-9-15(16)19(25)24(18)22-17/h3-10H,11-12H2,1-2H3,(H,20,22). The third-order valence-corrected chi connectivity index (χ3v) is 4.23. The Kier molecular flexibility index (Phi) is 3.82. The smallest absolute Gasteiger partial charge is 0.282 e. The molecule has 2 aromatic carbocycles. The molecule has 0 aliphatic carbocycles.